The number of rotatable bonds is 9. The van der Waals surface area contributed by atoms with Crippen molar-refractivity contribution < 1.29 is 14.3 Å². The van der Waals surface area contributed by atoms with Crippen LogP contribution in [0.15, 0.2) is 17.5 Å². The van der Waals surface area contributed by atoms with Crippen molar-refractivity contribution in [3.05, 3.63) is 22.4 Å². The van der Waals surface area contributed by atoms with Gasteiger partial charge in [0.25, 0.3) is 0 Å². The molecule has 6 heteroatoms. The quantitative estimate of drug-likeness (QED) is 0.703. The number of thiophene rings is 1. The Morgan fingerprint density at radius 2 is 2.17 bits per heavy atom. The monoisotopic (exact) mass is 338 g/mol. The summed E-state index contributed by atoms with van der Waals surface area (Å²) in [6, 6.07) is 4.05. The van der Waals surface area contributed by atoms with Crippen LogP contribution in [0.4, 0.5) is 0 Å². The lowest BCUT2D eigenvalue weighted by Gasteiger charge is -2.23. The summed E-state index contributed by atoms with van der Waals surface area (Å²) in [5, 5.41) is 4.89. The van der Waals surface area contributed by atoms with Gasteiger partial charge in [-0.25, -0.2) is 4.79 Å². The van der Waals surface area contributed by atoms with Crippen molar-refractivity contribution in [1.29, 1.82) is 0 Å². The molecule has 0 saturated heterocycles. The summed E-state index contributed by atoms with van der Waals surface area (Å²) in [4.78, 5) is 27.7. The number of esters is 1. The van der Waals surface area contributed by atoms with Gasteiger partial charge < -0.3 is 10.1 Å². The SMILES string of the molecule is COC(=O)C(CC(C)C)NC(=O)CN(Cc1cccs1)C1CC1. The van der Waals surface area contributed by atoms with E-state index in [2.05, 4.69) is 21.7 Å². The van der Waals surface area contributed by atoms with E-state index in [9.17, 15) is 9.59 Å². The van der Waals surface area contributed by atoms with Crippen LogP contribution in [-0.2, 0) is 20.9 Å². The Morgan fingerprint density at radius 3 is 2.70 bits per heavy atom. The number of ether oxygens (including phenoxy) is 1. The number of methoxy groups -OCH3 is 1. The summed E-state index contributed by atoms with van der Waals surface area (Å²) in [6.45, 7) is 5.17. The summed E-state index contributed by atoms with van der Waals surface area (Å²) in [6.07, 6.45) is 2.88. The van der Waals surface area contributed by atoms with Crippen molar-refractivity contribution in [3.63, 3.8) is 0 Å². The molecule has 1 N–H and O–H groups in total. The lowest BCUT2D eigenvalue weighted by Crippen LogP contribution is -2.46. The van der Waals surface area contributed by atoms with Crippen molar-refractivity contribution in [1.82, 2.24) is 10.2 Å². The average Bonchev–Trinajstić information content (AvgIpc) is 3.22. The zero-order valence-electron chi connectivity index (χ0n) is 14.1. The minimum absolute atomic E-state index is 0.107. The van der Waals surface area contributed by atoms with Gasteiger partial charge in [-0.1, -0.05) is 19.9 Å². The van der Waals surface area contributed by atoms with E-state index in [-0.39, 0.29) is 11.9 Å². The van der Waals surface area contributed by atoms with Crippen LogP contribution in [0.3, 0.4) is 0 Å². The molecule has 1 aliphatic rings. The molecule has 0 aromatic carbocycles. The zero-order chi connectivity index (χ0) is 16.8. The first-order chi connectivity index (χ1) is 11.0. The molecule has 1 aromatic heterocycles. The summed E-state index contributed by atoms with van der Waals surface area (Å²) >= 11 is 1.71. The largest absolute Gasteiger partial charge is 0.467 e. The molecule has 0 radical (unpaired) electrons. The third-order valence-corrected chi connectivity index (χ3v) is 4.74. The van der Waals surface area contributed by atoms with Gasteiger partial charge >= 0.3 is 5.97 Å². The second-order valence-corrected chi connectivity index (χ2v) is 7.52. The van der Waals surface area contributed by atoms with E-state index in [0.29, 0.717) is 24.9 Å². The molecule has 0 bridgehead atoms. The van der Waals surface area contributed by atoms with Gasteiger partial charge in [0.1, 0.15) is 6.04 Å². The molecule has 0 aliphatic heterocycles. The molecular weight excluding hydrogens is 312 g/mol. The van der Waals surface area contributed by atoms with Crippen LogP contribution in [0, 0.1) is 5.92 Å². The molecule has 23 heavy (non-hydrogen) atoms. The van der Waals surface area contributed by atoms with Gasteiger partial charge in [-0.3, -0.25) is 9.69 Å². The van der Waals surface area contributed by atoms with Crippen LogP contribution >= 0.6 is 11.3 Å². The number of hydrogen-bond donors (Lipinski definition) is 1. The lowest BCUT2D eigenvalue weighted by molar-refractivity contribution is -0.145. The predicted molar refractivity (Wildman–Crippen MR) is 91.2 cm³/mol. The van der Waals surface area contributed by atoms with E-state index in [1.54, 1.807) is 11.3 Å². The maximum Gasteiger partial charge on any atom is 0.328 e. The average molecular weight is 338 g/mol. The molecular formula is C17H26N2O3S. The Kier molecular flexibility index (Phi) is 6.59. The fraction of sp³-hybridized carbons (Fsp3) is 0.647. The van der Waals surface area contributed by atoms with E-state index >= 15 is 0 Å². The maximum absolute atomic E-state index is 12.4. The fourth-order valence-corrected chi connectivity index (χ4v) is 3.34. The van der Waals surface area contributed by atoms with Crippen molar-refractivity contribution in [2.75, 3.05) is 13.7 Å². The highest BCUT2D eigenvalue weighted by Crippen LogP contribution is 2.28. The highest BCUT2D eigenvalue weighted by Gasteiger charge is 2.31. The Balaban J connectivity index is 1.90. The predicted octanol–water partition coefficient (Wildman–Crippen LogP) is 2.42. The van der Waals surface area contributed by atoms with Crippen LogP contribution in [-0.4, -0.2) is 42.5 Å². The first-order valence-corrected chi connectivity index (χ1v) is 9.01. The van der Waals surface area contributed by atoms with Crippen molar-refractivity contribution in [2.24, 2.45) is 5.92 Å². The second kappa shape index (κ2) is 8.45. The molecule has 128 valence electrons. The van der Waals surface area contributed by atoms with E-state index in [4.69, 9.17) is 4.74 Å². The number of carbonyl (C=O) groups excluding carboxylic acids is 2. The number of hydrogen-bond acceptors (Lipinski definition) is 5. The molecule has 1 aliphatic carbocycles. The summed E-state index contributed by atoms with van der Waals surface area (Å²) < 4.78 is 4.80. The van der Waals surface area contributed by atoms with Gasteiger partial charge in [0.05, 0.1) is 13.7 Å². The fourth-order valence-electron chi connectivity index (χ4n) is 2.61. The van der Waals surface area contributed by atoms with E-state index in [1.165, 1.54) is 12.0 Å². The van der Waals surface area contributed by atoms with Crippen LogP contribution in [0.5, 0.6) is 0 Å². The molecule has 0 spiro atoms. The normalized spacial score (nSPS) is 15.7. The number of amides is 1. The van der Waals surface area contributed by atoms with Crippen LogP contribution in [0.25, 0.3) is 0 Å². The molecule has 5 nitrogen and oxygen atoms in total. The van der Waals surface area contributed by atoms with Gasteiger partial charge in [-0.2, -0.15) is 0 Å². The van der Waals surface area contributed by atoms with Crippen LogP contribution in [0.1, 0.15) is 38.0 Å². The lowest BCUT2D eigenvalue weighted by atomic mass is 10.0. The summed E-state index contributed by atoms with van der Waals surface area (Å²) in [5.41, 5.74) is 0. The third-order valence-electron chi connectivity index (χ3n) is 3.88. The highest BCUT2D eigenvalue weighted by atomic mass is 32.1. The van der Waals surface area contributed by atoms with Crippen molar-refractivity contribution in [3.8, 4) is 0 Å². The molecule has 1 aromatic rings. The summed E-state index contributed by atoms with van der Waals surface area (Å²) in [5.74, 6) is -0.169. The minimum Gasteiger partial charge on any atom is -0.467 e. The Labute approximate surface area is 142 Å². The smallest absolute Gasteiger partial charge is 0.328 e. The molecule has 1 unspecified atom stereocenters. The Hall–Kier alpha value is -1.40. The van der Waals surface area contributed by atoms with Gasteiger partial charge in [-0.05, 0) is 36.6 Å². The van der Waals surface area contributed by atoms with Gasteiger partial charge in [0.2, 0.25) is 5.91 Å². The van der Waals surface area contributed by atoms with Gasteiger partial charge in [0.15, 0.2) is 0 Å². The zero-order valence-corrected chi connectivity index (χ0v) is 14.9. The van der Waals surface area contributed by atoms with Crippen LogP contribution in [0.2, 0.25) is 0 Å². The number of nitrogens with zero attached hydrogens (tertiary/aromatic N) is 1. The topological polar surface area (TPSA) is 58.6 Å². The first-order valence-electron chi connectivity index (χ1n) is 8.13. The molecule has 1 amide bonds. The molecule has 1 saturated carbocycles. The first kappa shape index (κ1) is 17.9. The molecule has 1 heterocycles. The van der Waals surface area contributed by atoms with E-state index in [1.807, 2.05) is 19.9 Å². The minimum atomic E-state index is -0.560. The standard InChI is InChI=1S/C17H26N2O3S/c1-12(2)9-15(17(21)22-3)18-16(20)11-19(13-6-7-13)10-14-5-4-8-23-14/h4-5,8,12-13,15H,6-7,9-11H2,1-3H3,(H,18,20). The number of nitrogens with one attached hydrogen (secondary N) is 1. The Morgan fingerprint density at radius 1 is 1.43 bits per heavy atom. The molecule has 2 rings (SSSR count). The van der Waals surface area contributed by atoms with E-state index < -0.39 is 6.04 Å². The Bertz CT molecular complexity index is 512. The van der Waals surface area contributed by atoms with E-state index in [0.717, 1.165) is 19.4 Å². The number of carbonyl (C=O) groups is 2. The highest BCUT2D eigenvalue weighted by molar-refractivity contribution is 7.09. The molecule has 1 atom stereocenters. The van der Waals surface area contributed by atoms with Crippen LogP contribution < -0.4 is 5.32 Å². The van der Waals surface area contributed by atoms with Crippen molar-refractivity contribution >= 4 is 23.2 Å². The van der Waals surface area contributed by atoms with Crippen molar-refractivity contribution in [2.45, 2.75) is 51.7 Å². The molecule has 1 fully saturated rings. The maximum atomic E-state index is 12.4. The third kappa shape index (κ3) is 5.95. The second-order valence-electron chi connectivity index (χ2n) is 6.49. The summed E-state index contributed by atoms with van der Waals surface area (Å²) in [7, 11) is 1.36. The van der Waals surface area contributed by atoms with Gasteiger partial charge in [-0.15, -0.1) is 11.3 Å². The van der Waals surface area contributed by atoms with Gasteiger partial charge in [0, 0.05) is 17.5 Å².